The first-order valence-corrected chi connectivity index (χ1v) is 7.54. The molecule has 0 aliphatic rings. The molecule has 2 heteroatoms. The minimum Gasteiger partial charge on any atom is -0.330 e. The predicted octanol–water partition coefficient (Wildman–Crippen LogP) is 3.92. The summed E-state index contributed by atoms with van der Waals surface area (Å²) < 4.78 is 0. The quantitative estimate of drug-likeness (QED) is 0.609. The maximum Gasteiger partial charge on any atom is -0.00203 e. The largest absolute Gasteiger partial charge is 0.330 e. The van der Waals surface area contributed by atoms with Crippen LogP contribution in [0.1, 0.15) is 53.4 Å². The number of hydrogen-bond donors (Lipinski definition) is 1. The standard InChI is InChI=1S/C13H29NS/c1-5-7-8-9-13(4,11-14)12(3)10-15-6-2/h12H,5-11,14H2,1-4H3. The van der Waals surface area contributed by atoms with Crippen LogP contribution in [-0.4, -0.2) is 18.1 Å². The van der Waals surface area contributed by atoms with Gasteiger partial charge >= 0.3 is 0 Å². The van der Waals surface area contributed by atoms with Crippen molar-refractivity contribution in [1.82, 2.24) is 0 Å². The monoisotopic (exact) mass is 231 g/mol. The molecule has 1 nitrogen and oxygen atoms in total. The smallest absolute Gasteiger partial charge is 0.00203 e. The van der Waals surface area contributed by atoms with E-state index in [1.165, 1.54) is 37.2 Å². The zero-order valence-corrected chi connectivity index (χ0v) is 11.8. The third-order valence-electron chi connectivity index (χ3n) is 3.58. The molecule has 2 atom stereocenters. The molecule has 0 aromatic rings. The Kier molecular flexibility index (Phi) is 8.64. The molecule has 15 heavy (non-hydrogen) atoms. The van der Waals surface area contributed by atoms with Crippen molar-refractivity contribution in [2.24, 2.45) is 17.1 Å². The van der Waals surface area contributed by atoms with Gasteiger partial charge in [-0.15, -0.1) is 0 Å². The molecule has 0 aromatic carbocycles. The Morgan fingerprint density at radius 1 is 1.27 bits per heavy atom. The van der Waals surface area contributed by atoms with Crippen LogP contribution in [0.4, 0.5) is 0 Å². The van der Waals surface area contributed by atoms with E-state index in [1.54, 1.807) is 0 Å². The summed E-state index contributed by atoms with van der Waals surface area (Å²) in [5.74, 6) is 3.22. The van der Waals surface area contributed by atoms with Crippen molar-refractivity contribution in [2.45, 2.75) is 53.4 Å². The van der Waals surface area contributed by atoms with E-state index in [9.17, 15) is 0 Å². The zero-order valence-electron chi connectivity index (χ0n) is 11.0. The van der Waals surface area contributed by atoms with Crippen molar-refractivity contribution < 1.29 is 0 Å². The highest BCUT2D eigenvalue weighted by Crippen LogP contribution is 2.34. The molecule has 0 rings (SSSR count). The van der Waals surface area contributed by atoms with E-state index in [-0.39, 0.29) is 0 Å². The van der Waals surface area contributed by atoms with Gasteiger partial charge in [-0.2, -0.15) is 11.8 Å². The normalized spacial score (nSPS) is 17.4. The van der Waals surface area contributed by atoms with Gasteiger partial charge in [-0.05, 0) is 35.8 Å². The average molecular weight is 231 g/mol. The van der Waals surface area contributed by atoms with Crippen LogP contribution in [0.3, 0.4) is 0 Å². The lowest BCUT2D eigenvalue weighted by Crippen LogP contribution is -2.35. The number of thioether (sulfide) groups is 1. The van der Waals surface area contributed by atoms with Crippen molar-refractivity contribution in [1.29, 1.82) is 0 Å². The minimum atomic E-state index is 0.358. The van der Waals surface area contributed by atoms with Crippen LogP contribution in [0.25, 0.3) is 0 Å². The second-order valence-electron chi connectivity index (χ2n) is 4.88. The summed E-state index contributed by atoms with van der Waals surface area (Å²) in [6, 6.07) is 0. The van der Waals surface area contributed by atoms with E-state index in [1.807, 2.05) is 11.8 Å². The number of hydrogen-bond acceptors (Lipinski definition) is 2. The molecule has 0 radical (unpaired) electrons. The van der Waals surface area contributed by atoms with E-state index in [2.05, 4.69) is 27.7 Å². The molecule has 0 aromatic heterocycles. The van der Waals surface area contributed by atoms with Gasteiger partial charge in [0.2, 0.25) is 0 Å². The molecular formula is C13H29NS. The Bertz CT molecular complexity index is 149. The lowest BCUT2D eigenvalue weighted by atomic mass is 9.75. The molecule has 0 saturated heterocycles. The second kappa shape index (κ2) is 8.46. The molecule has 0 aliphatic heterocycles. The molecule has 0 amide bonds. The number of nitrogens with two attached hydrogens (primary N) is 1. The molecule has 2 N–H and O–H groups in total. The van der Waals surface area contributed by atoms with Crippen LogP contribution in [0.5, 0.6) is 0 Å². The van der Waals surface area contributed by atoms with Crippen molar-refractivity contribution in [3.63, 3.8) is 0 Å². The fourth-order valence-corrected chi connectivity index (χ4v) is 2.82. The van der Waals surface area contributed by atoms with Gasteiger partial charge < -0.3 is 5.73 Å². The van der Waals surface area contributed by atoms with E-state index >= 15 is 0 Å². The van der Waals surface area contributed by atoms with E-state index in [0.717, 1.165) is 12.5 Å². The highest BCUT2D eigenvalue weighted by Gasteiger charge is 2.28. The molecule has 92 valence electrons. The van der Waals surface area contributed by atoms with Crippen LogP contribution in [0.15, 0.2) is 0 Å². The van der Waals surface area contributed by atoms with Crippen LogP contribution >= 0.6 is 11.8 Å². The van der Waals surface area contributed by atoms with Gasteiger partial charge in [0, 0.05) is 0 Å². The second-order valence-corrected chi connectivity index (χ2v) is 6.19. The van der Waals surface area contributed by atoms with Gasteiger partial charge in [-0.1, -0.05) is 47.0 Å². The van der Waals surface area contributed by atoms with Gasteiger partial charge in [0.05, 0.1) is 0 Å². The van der Waals surface area contributed by atoms with Gasteiger partial charge in [0.25, 0.3) is 0 Å². The van der Waals surface area contributed by atoms with Gasteiger partial charge in [-0.3, -0.25) is 0 Å². The molecule has 0 aliphatic carbocycles. The zero-order chi connectivity index (χ0) is 11.7. The molecule has 0 saturated carbocycles. The number of unbranched alkanes of at least 4 members (excludes halogenated alkanes) is 2. The molecule has 2 unspecified atom stereocenters. The molecule has 0 spiro atoms. The first kappa shape index (κ1) is 15.3. The van der Waals surface area contributed by atoms with Crippen LogP contribution in [-0.2, 0) is 0 Å². The summed E-state index contributed by atoms with van der Waals surface area (Å²) in [4.78, 5) is 0. The summed E-state index contributed by atoms with van der Waals surface area (Å²) >= 11 is 2.04. The van der Waals surface area contributed by atoms with E-state index in [0.29, 0.717) is 5.41 Å². The van der Waals surface area contributed by atoms with Crippen LogP contribution < -0.4 is 5.73 Å². The Hall–Kier alpha value is 0.310. The summed E-state index contributed by atoms with van der Waals surface area (Å²) in [5.41, 5.74) is 6.31. The van der Waals surface area contributed by atoms with Crippen molar-refractivity contribution in [2.75, 3.05) is 18.1 Å². The Labute approximate surface area is 101 Å². The van der Waals surface area contributed by atoms with Crippen LogP contribution in [0, 0.1) is 11.3 Å². The summed E-state index contributed by atoms with van der Waals surface area (Å²) in [5, 5.41) is 0. The molecular weight excluding hydrogens is 202 g/mol. The lowest BCUT2D eigenvalue weighted by Gasteiger charge is -2.34. The predicted molar refractivity (Wildman–Crippen MR) is 73.5 cm³/mol. The van der Waals surface area contributed by atoms with Crippen LogP contribution in [0.2, 0.25) is 0 Å². The van der Waals surface area contributed by atoms with Crippen molar-refractivity contribution >= 4 is 11.8 Å². The van der Waals surface area contributed by atoms with E-state index in [4.69, 9.17) is 5.73 Å². The van der Waals surface area contributed by atoms with Gasteiger partial charge in [-0.25, -0.2) is 0 Å². The summed E-state index contributed by atoms with van der Waals surface area (Å²) in [7, 11) is 0. The summed E-state index contributed by atoms with van der Waals surface area (Å²) in [6.45, 7) is 10.1. The Morgan fingerprint density at radius 3 is 2.40 bits per heavy atom. The summed E-state index contributed by atoms with van der Waals surface area (Å²) in [6.07, 6.45) is 5.29. The fraction of sp³-hybridized carbons (Fsp3) is 1.00. The first-order valence-electron chi connectivity index (χ1n) is 6.38. The molecule has 0 bridgehead atoms. The fourth-order valence-electron chi connectivity index (χ4n) is 1.82. The molecule has 0 fully saturated rings. The highest BCUT2D eigenvalue weighted by atomic mass is 32.2. The topological polar surface area (TPSA) is 26.0 Å². The SMILES string of the molecule is CCCCCC(C)(CN)C(C)CSCC. The first-order chi connectivity index (χ1) is 7.10. The average Bonchev–Trinajstić information content (AvgIpc) is 2.25. The minimum absolute atomic E-state index is 0.358. The highest BCUT2D eigenvalue weighted by molar-refractivity contribution is 7.99. The molecule has 0 heterocycles. The maximum absolute atomic E-state index is 5.95. The van der Waals surface area contributed by atoms with Gasteiger partial charge in [0.1, 0.15) is 0 Å². The third kappa shape index (κ3) is 5.82. The van der Waals surface area contributed by atoms with Gasteiger partial charge in [0.15, 0.2) is 0 Å². The number of rotatable bonds is 9. The Morgan fingerprint density at radius 2 is 1.93 bits per heavy atom. The maximum atomic E-state index is 5.95. The van der Waals surface area contributed by atoms with E-state index < -0.39 is 0 Å². The van der Waals surface area contributed by atoms with Crippen molar-refractivity contribution in [3.8, 4) is 0 Å². The lowest BCUT2D eigenvalue weighted by molar-refractivity contribution is 0.206. The van der Waals surface area contributed by atoms with Crippen molar-refractivity contribution in [3.05, 3.63) is 0 Å². The third-order valence-corrected chi connectivity index (χ3v) is 4.72. The Balaban J connectivity index is 4.02.